The molecule has 3 rings (SSSR count). The van der Waals surface area contributed by atoms with Crippen molar-refractivity contribution in [3.8, 4) is 0 Å². The maximum absolute atomic E-state index is 12.8. The highest BCUT2D eigenvalue weighted by atomic mass is 32.2. The monoisotopic (exact) mass is 337 g/mol. The lowest BCUT2D eigenvalue weighted by Crippen LogP contribution is -2.29. The summed E-state index contributed by atoms with van der Waals surface area (Å²) in [5.41, 5.74) is 2.90. The van der Waals surface area contributed by atoms with Gasteiger partial charge in [-0.15, -0.1) is 0 Å². The maximum Gasteiger partial charge on any atom is 0.241 e. The van der Waals surface area contributed by atoms with E-state index in [1.807, 2.05) is 61.5 Å². The summed E-state index contributed by atoms with van der Waals surface area (Å²) in [6.07, 6.45) is 0. The van der Waals surface area contributed by atoms with Gasteiger partial charge in [-0.2, -0.15) is 4.72 Å². The molecule has 0 heterocycles. The lowest BCUT2D eigenvalue weighted by molar-refractivity contribution is 0.572. The van der Waals surface area contributed by atoms with Crippen LogP contribution >= 0.6 is 0 Å². The fourth-order valence-electron chi connectivity index (χ4n) is 2.69. The van der Waals surface area contributed by atoms with E-state index < -0.39 is 16.1 Å². The Kier molecular flexibility index (Phi) is 4.79. The van der Waals surface area contributed by atoms with Gasteiger partial charge in [-0.1, -0.05) is 72.8 Å². The second-order valence-electron chi connectivity index (χ2n) is 5.63. The van der Waals surface area contributed by atoms with Gasteiger partial charge in [-0.05, 0) is 35.7 Å². The largest absolute Gasteiger partial charge is 0.241 e. The Balaban J connectivity index is 2.05. The number of sulfonamides is 1. The quantitative estimate of drug-likeness (QED) is 0.763. The van der Waals surface area contributed by atoms with Crippen LogP contribution < -0.4 is 4.72 Å². The topological polar surface area (TPSA) is 46.2 Å². The van der Waals surface area contributed by atoms with E-state index in [1.165, 1.54) is 0 Å². The van der Waals surface area contributed by atoms with E-state index in [4.69, 9.17) is 0 Å². The van der Waals surface area contributed by atoms with Crippen LogP contribution in [0.1, 0.15) is 22.7 Å². The number of aryl methyl sites for hydroxylation is 1. The van der Waals surface area contributed by atoms with Crippen LogP contribution in [0, 0.1) is 6.92 Å². The third-order valence-electron chi connectivity index (χ3n) is 3.96. The summed E-state index contributed by atoms with van der Waals surface area (Å²) < 4.78 is 28.4. The standard InChI is InChI=1S/C20H19NO2S/c1-16-10-8-9-15-19(16)20(17-11-4-2-5-12-17)21-24(22,23)18-13-6-3-7-14-18/h2-15,20-21H,1H3/t20-/m0/s1. The van der Waals surface area contributed by atoms with Crippen LogP contribution in [0.2, 0.25) is 0 Å². The van der Waals surface area contributed by atoms with Crippen molar-refractivity contribution in [2.45, 2.75) is 17.9 Å². The normalized spacial score (nSPS) is 12.7. The van der Waals surface area contributed by atoms with Crippen LogP contribution in [0.4, 0.5) is 0 Å². The Bertz CT molecular complexity index is 907. The van der Waals surface area contributed by atoms with Gasteiger partial charge < -0.3 is 0 Å². The molecular formula is C20H19NO2S. The fourth-order valence-corrected chi connectivity index (χ4v) is 3.91. The lowest BCUT2D eigenvalue weighted by atomic mass is 9.96. The number of nitrogens with one attached hydrogen (secondary N) is 1. The molecule has 0 spiro atoms. The van der Waals surface area contributed by atoms with Crippen molar-refractivity contribution in [1.82, 2.24) is 4.72 Å². The van der Waals surface area contributed by atoms with Crippen LogP contribution in [0.15, 0.2) is 89.8 Å². The summed E-state index contributed by atoms with van der Waals surface area (Å²) >= 11 is 0. The van der Waals surface area contributed by atoms with Gasteiger partial charge in [-0.3, -0.25) is 0 Å². The van der Waals surface area contributed by atoms with E-state index in [0.717, 1.165) is 16.7 Å². The molecule has 0 aliphatic heterocycles. The average molecular weight is 337 g/mol. The van der Waals surface area contributed by atoms with Gasteiger partial charge in [0.1, 0.15) is 0 Å². The van der Waals surface area contributed by atoms with Gasteiger partial charge in [0.05, 0.1) is 10.9 Å². The zero-order chi connectivity index (χ0) is 17.0. The highest BCUT2D eigenvalue weighted by Gasteiger charge is 2.23. The third-order valence-corrected chi connectivity index (χ3v) is 5.40. The molecule has 0 aliphatic rings. The Labute approximate surface area is 143 Å². The van der Waals surface area contributed by atoms with Gasteiger partial charge in [0, 0.05) is 0 Å². The zero-order valence-electron chi connectivity index (χ0n) is 13.4. The Morgan fingerprint density at radius 3 is 1.92 bits per heavy atom. The molecule has 4 heteroatoms. The van der Waals surface area contributed by atoms with E-state index in [1.54, 1.807) is 30.3 Å². The molecule has 3 aromatic carbocycles. The van der Waals surface area contributed by atoms with E-state index >= 15 is 0 Å². The SMILES string of the molecule is Cc1ccccc1[C@@H](NS(=O)(=O)c1ccccc1)c1ccccc1. The van der Waals surface area contributed by atoms with Crippen LogP contribution in [0.3, 0.4) is 0 Å². The van der Waals surface area contributed by atoms with Crippen molar-refractivity contribution in [3.63, 3.8) is 0 Å². The highest BCUT2D eigenvalue weighted by molar-refractivity contribution is 7.89. The van der Waals surface area contributed by atoms with Crippen LogP contribution in [-0.4, -0.2) is 8.42 Å². The molecule has 0 bridgehead atoms. The minimum atomic E-state index is -3.62. The predicted molar refractivity (Wildman–Crippen MR) is 96.2 cm³/mol. The molecule has 0 amide bonds. The number of rotatable bonds is 5. The smallest absolute Gasteiger partial charge is 0.207 e. The summed E-state index contributed by atoms with van der Waals surface area (Å²) in [5, 5.41) is 0. The number of hydrogen-bond donors (Lipinski definition) is 1. The van der Waals surface area contributed by atoms with Gasteiger partial charge >= 0.3 is 0 Å². The van der Waals surface area contributed by atoms with Crippen molar-refractivity contribution < 1.29 is 8.42 Å². The maximum atomic E-state index is 12.8. The molecule has 24 heavy (non-hydrogen) atoms. The molecule has 3 nitrogen and oxygen atoms in total. The highest BCUT2D eigenvalue weighted by Crippen LogP contribution is 2.26. The van der Waals surface area contributed by atoms with Gasteiger partial charge in [0.25, 0.3) is 0 Å². The van der Waals surface area contributed by atoms with E-state index in [2.05, 4.69) is 4.72 Å². The van der Waals surface area contributed by atoms with Crippen molar-refractivity contribution in [3.05, 3.63) is 102 Å². The molecule has 0 saturated carbocycles. The molecule has 122 valence electrons. The first-order valence-corrected chi connectivity index (χ1v) is 9.24. The molecule has 1 atom stereocenters. The van der Waals surface area contributed by atoms with Crippen LogP contribution in [0.5, 0.6) is 0 Å². The van der Waals surface area contributed by atoms with Crippen molar-refractivity contribution >= 4 is 10.0 Å². The first kappa shape index (κ1) is 16.4. The fraction of sp³-hybridized carbons (Fsp3) is 0.100. The van der Waals surface area contributed by atoms with Gasteiger partial charge in [0.2, 0.25) is 10.0 Å². The predicted octanol–water partition coefficient (Wildman–Crippen LogP) is 4.06. The van der Waals surface area contributed by atoms with Crippen molar-refractivity contribution in [1.29, 1.82) is 0 Å². The van der Waals surface area contributed by atoms with Crippen molar-refractivity contribution in [2.24, 2.45) is 0 Å². The zero-order valence-corrected chi connectivity index (χ0v) is 14.2. The van der Waals surface area contributed by atoms with Gasteiger partial charge in [-0.25, -0.2) is 8.42 Å². The molecule has 0 unspecified atom stereocenters. The van der Waals surface area contributed by atoms with Crippen LogP contribution in [-0.2, 0) is 10.0 Å². The third kappa shape index (κ3) is 3.55. The molecule has 0 saturated heterocycles. The number of benzene rings is 3. The first-order valence-electron chi connectivity index (χ1n) is 7.76. The first-order chi connectivity index (χ1) is 11.6. The summed E-state index contributed by atoms with van der Waals surface area (Å²) in [4.78, 5) is 0.263. The molecule has 3 aromatic rings. The lowest BCUT2D eigenvalue weighted by Gasteiger charge is -2.21. The summed E-state index contributed by atoms with van der Waals surface area (Å²) in [6, 6.07) is 25.5. The molecule has 1 N–H and O–H groups in total. The molecule has 0 aromatic heterocycles. The van der Waals surface area contributed by atoms with E-state index in [-0.39, 0.29) is 4.90 Å². The van der Waals surface area contributed by atoms with E-state index in [9.17, 15) is 8.42 Å². The Morgan fingerprint density at radius 2 is 1.29 bits per heavy atom. The molecular weight excluding hydrogens is 318 g/mol. The Morgan fingerprint density at radius 1 is 0.750 bits per heavy atom. The molecule has 0 radical (unpaired) electrons. The summed E-state index contributed by atoms with van der Waals surface area (Å²) in [7, 11) is -3.62. The summed E-state index contributed by atoms with van der Waals surface area (Å²) in [5.74, 6) is 0. The molecule has 0 aliphatic carbocycles. The van der Waals surface area contributed by atoms with Crippen molar-refractivity contribution in [2.75, 3.05) is 0 Å². The summed E-state index contributed by atoms with van der Waals surface area (Å²) in [6.45, 7) is 1.99. The minimum Gasteiger partial charge on any atom is -0.207 e. The average Bonchev–Trinajstić information content (AvgIpc) is 2.62. The molecule has 0 fully saturated rings. The van der Waals surface area contributed by atoms with Gasteiger partial charge in [0.15, 0.2) is 0 Å². The number of hydrogen-bond acceptors (Lipinski definition) is 2. The Hall–Kier alpha value is -2.43. The minimum absolute atomic E-state index is 0.263. The van der Waals surface area contributed by atoms with E-state index in [0.29, 0.717) is 0 Å². The second-order valence-corrected chi connectivity index (χ2v) is 7.35. The van der Waals surface area contributed by atoms with Crippen LogP contribution in [0.25, 0.3) is 0 Å². The second kappa shape index (κ2) is 6.99.